The van der Waals surface area contributed by atoms with Gasteiger partial charge in [0.15, 0.2) is 0 Å². The molecule has 0 unspecified atom stereocenters. The van der Waals surface area contributed by atoms with E-state index in [1.54, 1.807) is 6.07 Å². The van der Waals surface area contributed by atoms with Crippen LogP contribution >= 0.6 is 28.3 Å². The van der Waals surface area contributed by atoms with Gasteiger partial charge in [0, 0.05) is 15.6 Å². The second-order valence-corrected chi connectivity index (χ2v) is 5.84. The number of piperidine rings is 1. The van der Waals surface area contributed by atoms with Crippen molar-refractivity contribution in [1.29, 1.82) is 0 Å². The van der Waals surface area contributed by atoms with Gasteiger partial charge in [0.05, 0.1) is 0 Å². The summed E-state index contributed by atoms with van der Waals surface area (Å²) < 4.78 is 13.8. The van der Waals surface area contributed by atoms with Crippen molar-refractivity contribution < 1.29 is 9.18 Å². The van der Waals surface area contributed by atoms with Crippen LogP contribution in [-0.4, -0.2) is 24.5 Å². The van der Waals surface area contributed by atoms with Gasteiger partial charge in [-0.15, -0.1) is 12.4 Å². The minimum Gasteiger partial charge on any atom is -0.347 e. The number of hydrogen-bond acceptors (Lipinski definition) is 2. The number of halogens is 3. The number of rotatable bonds is 2. The third-order valence-corrected chi connectivity index (χ3v) is 3.70. The Bertz CT molecular complexity index is 444. The van der Waals surface area contributed by atoms with E-state index in [0.717, 1.165) is 25.9 Å². The molecule has 1 saturated heterocycles. The molecule has 1 aliphatic rings. The number of nitrogens with one attached hydrogen (secondary N) is 2. The molecule has 106 valence electrons. The summed E-state index contributed by atoms with van der Waals surface area (Å²) in [6.07, 6.45) is 1.77. The summed E-state index contributed by atoms with van der Waals surface area (Å²) in [4.78, 5) is 12.1. The molecule has 0 aromatic heterocycles. The van der Waals surface area contributed by atoms with Gasteiger partial charge >= 0.3 is 0 Å². The van der Waals surface area contributed by atoms with E-state index in [2.05, 4.69) is 26.6 Å². The smallest absolute Gasteiger partial charge is 0.251 e. The molecule has 19 heavy (non-hydrogen) atoms. The molecule has 1 heterocycles. The third kappa shape index (κ3) is 4.44. The highest BCUT2D eigenvalue weighted by molar-refractivity contribution is 9.10. The summed E-state index contributed by atoms with van der Waals surface area (Å²) >= 11 is 3.19. The zero-order valence-corrected chi connectivity index (χ0v) is 13.0. The second-order valence-electron chi connectivity index (χ2n) is 4.92. The fourth-order valence-corrected chi connectivity index (χ4v) is 2.60. The van der Waals surface area contributed by atoms with E-state index >= 15 is 0 Å². The lowest BCUT2D eigenvalue weighted by atomic mass is 9.90. The van der Waals surface area contributed by atoms with Gasteiger partial charge in [0.25, 0.3) is 5.91 Å². The van der Waals surface area contributed by atoms with E-state index in [4.69, 9.17) is 0 Å². The quantitative estimate of drug-likeness (QED) is 0.860. The first kappa shape index (κ1) is 16.4. The second kappa shape index (κ2) is 6.68. The molecule has 1 fully saturated rings. The van der Waals surface area contributed by atoms with E-state index in [0.29, 0.717) is 10.0 Å². The van der Waals surface area contributed by atoms with Gasteiger partial charge in [-0.3, -0.25) is 4.79 Å². The maximum atomic E-state index is 13.2. The Balaban J connectivity index is 0.00000180. The average molecular weight is 352 g/mol. The van der Waals surface area contributed by atoms with Crippen molar-refractivity contribution in [2.75, 3.05) is 13.1 Å². The predicted octanol–water partition coefficient (Wildman–Crippen LogP) is 2.88. The molecule has 0 atom stereocenters. The third-order valence-electron chi connectivity index (χ3n) is 3.25. The Labute approximate surface area is 126 Å². The SMILES string of the molecule is CC1(NC(=O)c2cc(F)cc(Br)c2)CCNCC1.Cl. The topological polar surface area (TPSA) is 41.1 Å². The monoisotopic (exact) mass is 350 g/mol. The first-order valence-corrected chi connectivity index (χ1v) is 6.77. The van der Waals surface area contributed by atoms with Crippen LogP contribution < -0.4 is 10.6 Å². The molecule has 1 aromatic carbocycles. The summed E-state index contributed by atoms with van der Waals surface area (Å²) in [5, 5.41) is 6.25. The highest BCUT2D eigenvalue weighted by Gasteiger charge is 2.28. The van der Waals surface area contributed by atoms with Gasteiger partial charge in [0.2, 0.25) is 0 Å². The Morgan fingerprint density at radius 3 is 2.58 bits per heavy atom. The van der Waals surface area contributed by atoms with Crippen molar-refractivity contribution in [1.82, 2.24) is 10.6 Å². The first-order chi connectivity index (χ1) is 8.48. The molecular weight excluding hydrogens is 335 g/mol. The molecule has 6 heteroatoms. The van der Waals surface area contributed by atoms with Crippen molar-refractivity contribution in [3.8, 4) is 0 Å². The zero-order valence-electron chi connectivity index (χ0n) is 10.6. The van der Waals surface area contributed by atoms with Gasteiger partial charge in [-0.1, -0.05) is 15.9 Å². The standard InChI is InChI=1S/C13H16BrFN2O.ClH/c1-13(2-4-16-5-3-13)17-12(18)9-6-10(14)8-11(15)7-9;/h6-8,16H,2-5H2,1H3,(H,17,18);1H. The van der Waals surface area contributed by atoms with Crippen LogP contribution in [0.3, 0.4) is 0 Å². The summed E-state index contributed by atoms with van der Waals surface area (Å²) in [7, 11) is 0. The van der Waals surface area contributed by atoms with Crippen LogP contribution in [-0.2, 0) is 0 Å². The van der Waals surface area contributed by atoms with Crippen molar-refractivity contribution in [3.05, 3.63) is 34.1 Å². The molecule has 0 aliphatic carbocycles. The molecule has 0 bridgehead atoms. The van der Waals surface area contributed by atoms with Crippen LogP contribution in [0.25, 0.3) is 0 Å². The molecule has 1 aromatic rings. The van der Waals surface area contributed by atoms with Gasteiger partial charge in [0.1, 0.15) is 5.82 Å². The molecule has 0 radical (unpaired) electrons. The van der Waals surface area contributed by atoms with Gasteiger partial charge in [-0.2, -0.15) is 0 Å². The lowest BCUT2D eigenvalue weighted by Gasteiger charge is -2.35. The number of amides is 1. The summed E-state index contributed by atoms with van der Waals surface area (Å²) in [5.74, 6) is -0.635. The minimum atomic E-state index is -0.412. The minimum absolute atomic E-state index is 0. The number of benzene rings is 1. The van der Waals surface area contributed by atoms with Crippen LogP contribution in [0.15, 0.2) is 22.7 Å². The predicted molar refractivity (Wildman–Crippen MR) is 79.3 cm³/mol. The van der Waals surface area contributed by atoms with Crippen molar-refractivity contribution in [2.24, 2.45) is 0 Å². The zero-order chi connectivity index (χ0) is 13.2. The molecule has 3 nitrogen and oxygen atoms in total. The van der Waals surface area contributed by atoms with Crippen LogP contribution in [0.4, 0.5) is 4.39 Å². The molecule has 2 rings (SSSR count). The Morgan fingerprint density at radius 2 is 2.00 bits per heavy atom. The van der Waals surface area contributed by atoms with Crippen LogP contribution in [0, 0.1) is 5.82 Å². The van der Waals surface area contributed by atoms with E-state index in [1.807, 2.05) is 6.92 Å². The Morgan fingerprint density at radius 1 is 1.37 bits per heavy atom. The molecule has 0 spiro atoms. The number of hydrogen-bond donors (Lipinski definition) is 2. The lowest BCUT2D eigenvalue weighted by molar-refractivity contribution is 0.0887. The van der Waals surface area contributed by atoms with Gasteiger partial charge in [-0.05, 0) is 51.1 Å². The number of carbonyl (C=O) groups excluding carboxylic acids is 1. The largest absolute Gasteiger partial charge is 0.347 e. The van der Waals surface area contributed by atoms with Crippen molar-refractivity contribution >= 4 is 34.2 Å². The van der Waals surface area contributed by atoms with E-state index in [9.17, 15) is 9.18 Å². The fraction of sp³-hybridized carbons (Fsp3) is 0.462. The Hall–Kier alpha value is -0.650. The summed E-state index contributed by atoms with van der Waals surface area (Å²) in [6, 6.07) is 4.22. The molecule has 1 amide bonds. The highest BCUT2D eigenvalue weighted by Crippen LogP contribution is 2.19. The van der Waals surface area contributed by atoms with Crippen molar-refractivity contribution in [3.63, 3.8) is 0 Å². The molecule has 0 saturated carbocycles. The molecular formula is C13H17BrClFN2O. The molecule has 1 aliphatic heterocycles. The summed E-state index contributed by atoms with van der Waals surface area (Å²) in [6.45, 7) is 3.81. The maximum Gasteiger partial charge on any atom is 0.251 e. The van der Waals surface area contributed by atoms with Crippen LogP contribution in [0.5, 0.6) is 0 Å². The van der Waals surface area contributed by atoms with Crippen LogP contribution in [0.1, 0.15) is 30.1 Å². The average Bonchev–Trinajstić information content (AvgIpc) is 2.28. The van der Waals surface area contributed by atoms with E-state index in [-0.39, 0.29) is 23.9 Å². The first-order valence-electron chi connectivity index (χ1n) is 5.98. The maximum absolute atomic E-state index is 13.2. The normalized spacial score (nSPS) is 17.4. The van der Waals surface area contributed by atoms with E-state index in [1.165, 1.54) is 12.1 Å². The number of carbonyl (C=O) groups is 1. The van der Waals surface area contributed by atoms with E-state index < -0.39 is 5.82 Å². The van der Waals surface area contributed by atoms with Crippen molar-refractivity contribution in [2.45, 2.75) is 25.3 Å². The van der Waals surface area contributed by atoms with Crippen LogP contribution in [0.2, 0.25) is 0 Å². The molecule has 2 N–H and O–H groups in total. The Kier molecular flexibility index (Phi) is 5.77. The fourth-order valence-electron chi connectivity index (χ4n) is 2.13. The lowest BCUT2D eigenvalue weighted by Crippen LogP contribution is -2.52. The van der Waals surface area contributed by atoms with Gasteiger partial charge in [-0.25, -0.2) is 4.39 Å². The van der Waals surface area contributed by atoms with Gasteiger partial charge < -0.3 is 10.6 Å². The summed E-state index contributed by atoms with van der Waals surface area (Å²) in [5.41, 5.74) is 0.142. The highest BCUT2D eigenvalue weighted by atomic mass is 79.9.